The van der Waals surface area contributed by atoms with E-state index in [4.69, 9.17) is 51.1 Å². The molecule has 180 valence electrons. The molecule has 1 atom stereocenters. The molecule has 0 radical (unpaired) electrons. The van der Waals surface area contributed by atoms with Gasteiger partial charge in [-0.1, -0.05) is 58.5 Å². The average Bonchev–Trinajstić information content (AvgIpc) is 2.71. The maximum absolute atomic E-state index is 12.8. The van der Waals surface area contributed by atoms with Gasteiger partial charge in [-0.2, -0.15) is 0 Å². The van der Waals surface area contributed by atoms with Crippen LogP contribution in [0, 0.1) is 0 Å². The molecule has 2 amide bonds. The number of nitrogens with one attached hydrogen (secondary N) is 1. The van der Waals surface area contributed by atoms with E-state index in [-0.39, 0.29) is 37.8 Å². The molecule has 2 aromatic rings. The molecule has 7 nitrogen and oxygen atoms in total. The molecular weight excluding hydrogens is 546 g/mol. The van der Waals surface area contributed by atoms with Gasteiger partial charge in [-0.05, 0) is 36.4 Å². The molecule has 0 heterocycles. The largest absolute Gasteiger partial charge is 0.481 e. The number of halogens is 4. The summed E-state index contributed by atoms with van der Waals surface area (Å²) in [4.78, 5) is 24.3. The molecule has 34 heavy (non-hydrogen) atoms. The Morgan fingerprint density at radius 2 is 1.65 bits per heavy atom. The van der Waals surface area contributed by atoms with E-state index in [9.17, 15) is 18.0 Å². The van der Waals surface area contributed by atoms with Crippen LogP contribution in [0.1, 0.15) is 20.3 Å². The Bertz CT molecular complexity index is 1290. The second-order valence-electron chi connectivity index (χ2n) is 7.21. The van der Waals surface area contributed by atoms with Gasteiger partial charge in [0.1, 0.15) is 6.10 Å². The molecule has 1 unspecified atom stereocenters. The smallest absolute Gasteiger partial charge is 0.262 e. The molecule has 0 saturated carbocycles. The lowest BCUT2D eigenvalue weighted by molar-refractivity contribution is -0.139. The van der Waals surface area contributed by atoms with Gasteiger partial charge in [0.25, 0.3) is 10.0 Å². The number of benzene rings is 2. The summed E-state index contributed by atoms with van der Waals surface area (Å²) >= 11 is 24.8. The van der Waals surface area contributed by atoms with Gasteiger partial charge in [0.2, 0.25) is 11.8 Å². The Morgan fingerprint density at radius 1 is 1.03 bits per heavy atom. The van der Waals surface area contributed by atoms with Crippen LogP contribution >= 0.6 is 46.4 Å². The first-order valence-electron chi connectivity index (χ1n) is 9.71. The molecule has 3 rings (SSSR count). The molecule has 0 fully saturated rings. The highest BCUT2D eigenvalue weighted by Gasteiger charge is 2.27. The standard InChI is InChI=1S/C22H18Cl4N2O5S/c1-12(29)28(13(2)30)16-6-7-21(18(24)9-16)33-22-19(25)10-17(11-20(22)26)34(31,32)27-15-5-3-4-14(23)8-15/h3-6,8-11,21,27H,7H2,1-2H3. The van der Waals surface area contributed by atoms with Crippen LogP contribution in [0.3, 0.4) is 0 Å². The van der Waals surface area contributed by atoms with Crippen LogP contribution in [0.4, 0.5) is 5.69 Å². The molecule has 1 N–H and O–H groups in total. The highest BCUT2D eigenvalue weighted by molar-refractivity contribution is 7.92. The second-order valence-corrected chi connectivity index (χ2v) is 10.6. The van der Waals surface area contributed by atoms with Crippen LogP contribution < -0.4 is 9.46 Å². The van der Waals surface area contributed by atoms with Crippen molar-refractivity contribution >= 4 is 73.9 Å². The monoisotopic (exact) mass is 562 g/mol. The summed E-state index contributed by atoms with van der Waals surface area (Å²) in [5, 5.41) is 0.473. The Labute approximate surface area is 216 Å². The molecule has 12 heteroatoms. The molecular formula is C22H18Cl4N2O5S. The van der Waals surface area contributed by atoms with Gasteiger partial charge in [-0.25, -0.2) is 8.42 Å². The number of nitrogens with zero attached hydrogens (tertiary/aromatic N) is 1. The summed E-state index contributed by atoms with van der Waals surface area (Å²) in [6, 6.07) is 8.61. The number of imide groups is 1. The van der Waals surface area contributed by atoms with Crippen LogP contribution in [0.5, 0.6) is 5.75 Å². The van der Waals surface area contributed by atoms with Crippen molar-refractivity contribution in [3.05, 3.63) is 74.3 Å². The fourth-order valence-electron chi connectivity index (χ4n) is 3.19. The number of rotatable bonds is 6. The van der Waals surface area contributed by atoms with Crippen molar-refractivity contribution in [2.45, 2.75) is 31.3 Å². The minimum Gasteiger partial charge on any atom is -0.481 e. The fourth-order valence-corrected chi connectivity index (χ4v) is 5.43. The van der Waals surface area contributed by atoms with E-state index in [1.807, 2.05) is 0 Å². The summed E-state index contributed by atoms with van der Waals surface area (Å²) in [6.45, 7) is 2.53. The van der Waals surface area contributed by atoms with Gasteiger partial charge >= 0.3 is 0 Å². The number of ether oxygens (including phenoxy) is 1. The van der Waals surface area contributed by atoms with Crippen molar-refractivity contribution in [3.8, 4) is 5.75 Å². The van der Waals surface area contributed by atoms with Crippen LogP contribution in [0.15, 0.2) is 64.2 Å². The highest BCUT2D eigenvalue weighted by Crippen LogP contribution is 2.39. The Hall–Kier alpha value is -2.23. The van der Waals surface area contributed by atoms with Crippen molar-refractivity contribution in [2.24, 2.45) is 0 Å². The normalized spacial score (nSPS) is 15.8. The maximum Gasteiger partial charge on any atom is 0.262 e. The molecule has 0 saturated heterocycles. The van der Waals surface area contributed by atoms with E-state index in [1.54, 1.807) is 24.3 Å². The number of hydrogen-bond donors (Lipinski definition) is 1. The van der Waals surface area contributed by atoms with E-state index in [1.165, 1.54) is 38.1 Å². The Balaban J connectivity index is 1.82. The van der Waals surface area contributed by atoms with Crippen LogP contribution in [0.2, 0.25) is 15.1 Å². The fraction of sp³-hybridized carbons (Fsp3) is 0.182. The first-order chi connectivity index (χ1) is 15.9. The zero-order chi connectivity index (χ0) is 25.2. The van der Waals surface area contributed by atoms with E-state index in [2.05, 4.69) is 4.72 Å². The van der Waals surface area contributed by atoms with Crippen LogP contribution in [-0.2, 0) is 19.6 Å². The van der Waals surface area contributed by atoms with E-state index in [0.717, 1.165) is 4.90 Å². The van der Waals surface area contributed by atoms with Crippen LogP contribution in [0.25, 0.3) is 0 Å². The van der Waals surface area contributed by atoms with Crippen molar-refractivity contribution in [1.82, 2.24) is 4.90 Å². The minimum absolute atomic E-state index is 0.0356. The highest BCUT2D eigenvalue weighted by atomic mass is 35.5. The average molecular weight is 564 g/mol. The lowest BCUT2D eigenvalue weighted by atomic mass is 10.1. The molecule has 1 aliphatic rings. The molecule has 0 aliphatic heterocycles. The first-order valence-corrected chi connectivity index (χ1v) is 12.7. The second kappa shape index (κ2) is 10.6. The summed E-state index contributed by atoms with van der Waals surface area (Å²) < 4.78 is 33.8. The third kappa shape index (κ3) is 6.06. The third-order valence-corrected chi connectivity index (χ3v) is 7.15. The van der Waals surface area contributed by atoms with Crippen molar-refractivity contribution in [2.75, 3.05) is 4.72 Å². The lowest BCUT2D eigenvalue weighted by Gasteiger charge is -2.26. The molecule has 1 aliphatic carbocycles. The summed E-state index contributed by atoms with van der Waals surface area (Å²) in [7, 11) is -4.02. The summed E-state index contributed by atoms with van der Waals surface area (Å²) in [5.41, 5.74) is 0.600. The number of amides is 2. The third-order valence-electron chi connectivity index (χ3n) is 4.64. The number of allylic oxidation sites excluding steroid dienone is 1. The zero-order valence-corrected chi connectivity index (χ0v) is 21.7. The van der Waals surface area contributed by atoms with Crippen molar-refractivity contribution in [3.63, 3.8) is 0 Å². The number of sulfonamides is 1. The molecule has 0 aromatic heterocycles. The Morgan fingerprint density at radius 3 is 2.18 bits per heavy atom. The SMILES string of the molecule is CC(=O)N(C(C)=O)C1=CCC(Oc2c(Cl)cc(S(=O)(=O)Nc3cccc(Cl)c3)cc2Cl)C(Cl)=C1. The van der Waals surface area contributed by atoms with Gasteiger partial charge in [0, 0.05) is 31.0 Å². The number of carbonyl (C=O) groups excluding carboxylic acids is 2. The summed E-state index contributed by atoms with van der Waals surface area (Å²) in [5.74, 6) is -0.866. The number of carbonyl (C=O) groups is 2. The van der Waals surface area contributed by atoms with Crippen LogP contribution in [-0.4, -0.2) is 31.2 Å². The number of anilines is 1. The van der Waals surface area contributed by atoms with Gasteiger partial charge in [0.15, 0.2) is 5.75 Å². The van der Waals surface area contributed by atoms with Gasteiger partial charge < -0.3 is 4.74 Å². The zero-order valence-electron chi connectivity index (χ0n) is 17.8. The van der Waals surface area contributed by atoms with E-state index < -0.39 is 27.9 Å². The maximum atomic E-state index is 12.8. The quantitative estimate of drug-likeness (QED) is 0.465. The predicted octanol–water partition coefficient (Wildman–Crippen LogP) is 6.00. The van der Waals surface area contributed by atoms with Gasteiger partial charge in [-0.3, -0.25) is 19.2 Å². The molecule has 0 bridgehead atoms. The van der Waals surface area contributed by atoms with Gasteiger partial charge in [0.05, 0.1) is 25.7 Å². The predicted molar refractivity (Wildman–Crippen MR) is 133 cm³/mol. The summed E-state index contributed by atoms with van der Waals surface area (Å²) in [6.07, 6.45) is 2.56. The van der Waals surface area contributed by atoms with Gasteiger partial charge in [-0.15, -0.1) is 0 Å². The van der Waals surface area contributed by atoms with Crippen molar-refractivity contribution in [1.29, 1.82) is 0 Å². The van der Waals surface area contributed by atoms with Crippen molar-refractivity contribution < 1.29 is 22.7 Å². The first kappa shape index (κ1) is 26.4. The number of hydrogen-bond acceptors (Lipinski definition) is 5. The van der Waals surface area contributed by atoms with E-state index >= 15 is 0 Å². The van der Waals surface area contributed by atoms with E-state index in [0.29, 0.717) is 10.7 Å². The lowest BCUT2D eigenvalue weighted by Crippen LogP contribution is -2.33. The Kier molecular flexibility index (Phi) is 8.21. The topological polar surface area (TPSA) is 92.8 Å². The minimum atomic E-state index is -4.02. The molecule has 0 spiro atoms. The molecule has 2 aromatic carbocycles.